The summed E-state index contributed by atoms with van der Waals surface area (Å²) in [5.74, 6) is 0. The second-order valence-corrected chi connectivity index (χ2v) is 3.29. The molecule has 0 aromatic heterocycles. The summed E-state index contributed by atoms with van der Waals surface area (Å²) in [5, 5.41) is 11.8. The van der Waals surface area contributed by atoms with E-state index in [0.717, 1.165) is 12.8 Å². The molecule has 0 aromatic rings. The Kier molecular flexibility index (Phi) is 4.69. The normalized spacial score (nSPS) is 26.1. The summed E-state index contributed by atoms with van der Waals surface area (Å²) >= 11 is 0. The van der Waals surface area contributed by atoms with Gasteiger partial charge in [-0.25, -0.2) is 4.79 Å². The summed E-state index contributed by atoms with van der Waals surface area (Å²) in [6.45, 7) is 2.92. The summed E-state index contributed by atoms with van der Waals surface area (Å²) < 4.78 is 9.75. The third-order valence-electron chi connectivity index (χ3n) is 2.10. The number of aliphatic hydroxyl groups is 1. The maximum absolute atomic E-state index is 11.1. The Morgan fingerprint density at radius 3 is 3.07 bits per heavy atom. The molecule has 1 unspecified atom stereocenters. The lowest BCUT2D eigenvalue weighted by atomic mass is 10.2. The van der Waals surface area contributed by atoms with Gasteiger partial charge in [-0.15, -0.1) is 0 Å². The van der Waals surface area contributed by atoms with Crippen LogP contribution in [0, 0.1) is 0 Å². The predicted molar refractivity (Wildman–Crippen MR) is 49.8 cm³/mol. The van der Waals surface area contributed by atoms with Gasteiger partial charge in [0, 0.05) is 0 Å². The summed E-state index contributed by atoms with van der Waals surface area (Å²) in [6.07, 6.45) is 1.10. The molecule has 5 heteroatoms. The number of amides is 1. The number of alkyl carbamates (subject to hydrolysis) is 1. The molecule has 0 bridgehead atoms. The second-order valence-electron chi connectivity index (χ2n) is 3.29. The van der Waals surface area contributed by atoms with Crippen LogP contribution in [0.25, 0.3) is 0 Å². The van der Waals surface area contributed by atoms with Gasteiger partial charge >= 0.3 is 6.09 Å². The van der Waals surface area contributed by atoms with E-state index in [-0.39, 0.29) is 6.04 Å². The van der Waals surface area contributed by atoms with Crippen LogP contribution in [0.2, 0.25) is 0 Å². The largest absolute Gasteiger partial charge is 0.450 e. The molecule has 1 aliphatic rings. The van der Waals surface area contributed by atoms with Crippen molar-refractivity contribution >= 4 is 6.09 Å². The fourth-order valence-electron chi connectivity index (χ4n) is 1.22. The van der Waals surface area contributed by atoms with Gasteiger partial charge < -0.3 is 19.9 Å². The SMILES string of the molecule is CCCCOC(=O)N[C@@H]1CCOC1O. The Hall–Kier alpha value is -0.810. The molecule has 0 aromatic carbocycles. The van der Waals surface area contributed by atoms with Crippen LogP contribution >= 0.6 is 0 Å². The predicted octanol–water partition coefficient (Wildman–Crippen LogP) is 0.620. The maximum Gasteiger partial charge on any atom is 0.407 e. The Morgan fingerprint density at radius 1 is 1.71 bits per heavy atom. The standard InChI is InChI=1S/C9H17NO4/c1-2-3-5-14-9(12)10-7-4-6-13-8(7)11/h7-8,11H,2-6H2,1H3,(H,10,12)/t7-,8?/m1/s1. The number of carbonyl (C=O) groups is 1. The number of hydrogen-bond acceptors (Lipinski definition) is 4. The molecule has 1 heterocycles. The van der Waals surface area contributed by atoms with Crippen LogP contribution < -0.4 is 5.32 Å². The van der Waals surface area contributed by atoms with Crippen molar-refractivity contribution in [1.82, 2.24) is 5.32 Å². The van der Waals surface area contributed by atoms with E-state index >= 15 is 0 Å². The van der Waals surface area contributed by atoms with Crippen LogP contribution in [0.15, 0.2) is 0 Å². The fourth-order valence-corrected chi connectivity index (χ4v) is 1.22. The third kappa shape index (κ3) is 3.51. The van der Waals surface area contributed by atoms with Crippen molar-refractivity contribution in [3.8, 4) is 0 Å². The first kappa shape index (κ1) is 11.3. The van der Waals surface area contributed by atoms with Crippen LogP contribution in [-0.2, 0) is 9.47 Å². The van der Waals surface area contributed by atoms with Gasteiger partial charge in [0.1, 0.15) is 0 Å². The third-order valence-corrected chi connectivity index (χ3v) is 2.10. The van der Waals surface area contributed by atoms with Crippen LogP contribution in [0.5, 0.6) is 0 Å². The number of unbranched alkanes of at least 4 members (excludes halogenated alkanes) is 1. The van der Waals surface area contributed by atoms with Crippen LogP contribution in [-0.4, -0.2) is 36.7 Å². The average molecular weight is 203 g/mol. The van der Waals surface area contributed by atoms with Gasteiger partial charge in [-0.2, -0.15) is 0 Å². The smallest absolute Gasteiger partial charge is 0.407 e. The number of hydrogen-bond donors (Lipinski definition) is 2. The van der Waals surface area contributed by atoms with E-state index in [4.69, 9.17) is 9.47 Å². The van der Waals surface area contributed by atoms with Crippen molar-refractivity contribution in [3.63, 3.8) is 0 Å². The molecular formula is C9H17NO4. The van der Waals surface area contributed by atoms with E-state index in [1.165, 1.54) is 0 Å². The van der Waals surface area contributed by atoms with Crippen LogP contribution in [0.1, 0.15) is 26.2 Å². The van der Waals surface area contributed by atoms with Gasteiger partial charge in [0.15, 0.2) is 6.29 Å². The molecule has 1 rings (SSSR count). The fraction of sp³-hybridized carbons (Fsp3) is 0.889. The summed E-state index contributed by atoms with van der Waals surface area (Å²) in [5.41, 5.74) is 0. The lowest BCUT2D eigenvalue weighted by Crippen LogP contribution is -2.40. The first-order chi connectivity index (χ1) is 6.74. The molecule has 0 aliphatic carbocycles. The van der Waals surface area contributed by atoms with Crippen molar-refractivity contribution in [3.05, 3.63) is 0 Å². The highest BCUT2D eigenvalue weighted by molar-refractivity contribution is 5.67. The monoisotopic (exact) mass is 203 g/mol. The van der Waals surface area contributed by atoms with Crippen molar-refractivity contribution < 1.29 is 19.4 Å². The number of rotatable bonds is 4. The molecule has 1 aliphatic heterocycles. The Balaban J connectivity index is 2.13. The Morgan fingerprint density at radius 2 is 2.50 bits per heavy atom. The zero-order chi connectivity index (χ0) is 10.4. The highest BCUT2D eigenvalue weighted by Crippen LogP contribution is 2.10. The number of aliphatic hydroxyl groups excluding tert-OH is 1. The van der Waals surface area contributed by atoms with E-state index in [1.54, 1.807) is 0 Å². The second kappa shape index (κ2) is 5.82. The number of nitrogens with one attached hydrogen (secondary N) is 1. The van der Waals surface area contributed by atoms with E-state index in [0.29, 0.717) is 19.6 Å². The van der Waals surface area contributed by atoms with E-state index in [1.807, 2.05) is 6.92 Å². The average Bonchev–Trinajstić information content (AvgIpc) is 2.52. The molecule has 0 spiro atoms. The molecule has 1 amide bonds. The van der Waals surface area contributed by atoms with Crippen molar-refractivity contribution in [1.29, 1.82) is 0 Å². The van der Waals surface area contributed by atoms with Crippen molar-refractivity contribution in [2.45, 2.75) is 38.5 Å². The van der Waals surface area contributed by atoms with Crippen molar-refractivity contribution in [2.75, 3.05) is 13.2 Å². The van der Waals surface area contributed by atoms with E-state index in [2.05, 4.69) is 5.32 Å². The molecule has 1 fully saturated rings. The van der Waals surface area contributed by atoms with Gasteiger partial charge in [0.25, 0.3) is 0 Å². The van der Waals surface area contributed by atoms with Crippen LogP contribution in [0.3, 0.4) is 0 Å². The lowest BCUT2D eigenvalue weighted by Gasteiger charge is -2.14. The van der Waals surface area contributed by atoms with Gasteiger partial charge in [0.2, 0.25) is 0 Å². The lowest BCUT2D eigenvalue weighted by molar-refractivity contribution is -0.0711. The van der Waals surface area contributed by atoms with Gasteiger partial charge in [-0.3, -0.25) is 0 Å². The minimum absolute atomic E-state index is 0.330. The summed E-state index contributed by atoms with van der Waals surface area (Å²) in [6, 6.07) is -0.330. The van der Waals surface area contributed by atoms with Crippen LogP contribution in [0.4, 0.5) is 4.79 Å². The Bertz CT molecular complexity index is 186. The summed E-state index contributed by atoms with van der Waals surface area (Å²) in [4.78, 5) is 11.1. The van der Waals surface area contributed by atoms with Gasteiger partial charge in [0.05, 0.1) is 19.3 Å². The topological polar surface area (TPSA) is 67.8 Å². The quantitative estimate of drug-likeness (QED) is 0.657. The molecule has 0 saturated carbocycles. The molecule has 14 heavy (non-hydrogen) atoms. The summed E-state index contributed by atoms with van der Waals surface area (Å²) in [7, 11) is 0. The Labute approximate surface area is 83.4 Å². The minimum atomic E-state index is -0.895. The molecule has 5 nitrogen and oxygen atoms in total. The number of carbonyl (C=O) groups excluding carboxylic acids is 1. The highest BCUT2D eigenvalue weighted by atomic mass is 16.6. The molecule has 2 atom stereocenters. The zero-order valence-corrected chi connectivity index (χ0v) is 8.36. The molecular weight excluding hydrogens is 186 g/mol. The van der Waals surface area contributed by atoms with Gasteiger partial charge in [-0.1, -0.05) is 13.3 Å². The zero-order valence-electron chi connectivity index (χ0n) is 8.36. The van der Waals surface area contributed by atoms with E-state index in [9.17, 15) is 9.90 Å². The molecule has 1 saturated heterocycles. The highest BCUT2D eigenvalue weighted by Gasteiger charge is 2.27. The first-order valence-corrected chi connectivity index (χ1v) is 4.97. The van der Waals surface area contributed by atoms with Crippen molar-refractivity contribution in [2.24, 2.45) is 0 Å². The van der Waals surface area contributed by atoms with E-state index < -0.39 is 12.4 Å². The minimum Gasteiger partial charge on any atom is -0.450 e. The molecule has 0 radical (unpaired) electrons. The maximum atomic E-state index is 11.1. The molecule has 82 valence electrons. The molecule has 2 N–H and O–H groups in total. The van der Waals surface area contributed by atoms with Gasteiger partial charge in [-0.05, 0) is 12.8 Å². The number of ether oxygens (including phenoxy) is 2. The first-order valence-electron chi connectivity index (χ1n) is 4.97.